The first-order valence-corrected chi connectivity index (χ1v) is 6.82. The highest BCUT2D eigenvalue weighted by molar-refractivity contribution is 5.49. The molecule has 0 saturated heterocycles. The van der Waals surface area contributed by atoms with Crippen molar-refractivity contribution in [3.63, 3.8) is 0 Å². The number of pyridine rings is 1. The maximum absolute atomic E-state index is 13.2. The van der Waals surface area contributed by atoms with Crippen molar-refractivity contribution in [1.29, 1.82) is 5.26 Å². The zero-order valence-corrected chi connectivity index (χ0v) is 11.6. The first-order chi connectivity index (χ1) is 10.3. The first-order valence-electron chi connectivity index (χ1n) is 6.82. The van der Waals surface area contributed by atoms with Gasteiger partial charge in [0.05, 0.1) is 11.6 Å². The van der Waals surface area contributed by atoms with Crippen LogP contribution in [0.5, 0.6) is 0 Å². The quantitative estimate of drug-likeness (QED) is 0.767. The van der Waals surface area contributed by atoms with Gasteiger partial charge in [-0.05, 0) is 42.8 Å². The summed E-state index contributed by atoms with van der Waals surface area (Å²) in [7, 11) is 0. The monoisotopic (exact) mass is 284 g/mol. The van der Waals surface area contributed by atoms with Crippen molar-refractivity contribution in [2.75, 3.05) is 18.4 Å². The van der Waals surface area contributed by atoms with E-state index in [4.69, 9.17) is 5.26 Å². The maximum Gasteiger partial charge on any atom is 0.126 e. The van der Waals surface area contributed by atoms with E-state index in [9.17, 15) is 4.39 Å². The largest absolute Gasteiger partial charge is 0.385 e. The minimum atomic E-state index is -0.397. The standard InChI is InChI=1S/C16H17FN4/c17-15-7-14(10-18)8-16(9-15)21-6-2-5-20-12-13-3-1-4-19-11-13/h1,3-4,7-9,11,20-21H,2,5-6,12H2. The van der Waals surface area contributed by atoms with Crippen molar-refractivity contribution in [2.45, 2.75) is 13.0 Å². The molecule has 4 nitrogen and oxygen atoms in total. The molecule has 0 amide bonds. The SMILES string of the molecule is N#Cc1cc(F)cc(NCCCNCc2cccnc2)c1. The molecule has 2 rings (SSSR count). The Morgan fingerprint density at radius 2 is 2.14 bits per heavy atom. The van der Waals surface area contributed by atoms with Gasteiger partial charge in [-0.15, -0.1) is 0 Å². The maximum atomic E-state index is 13.2. The molecule has 0 bridgehead atoms. The third kappa shape index (κ3) is 5.21. The number of benzene rings is 1. The summed E-state index contributed by atoms with van der Waals surface area (Å²) in [6.07, 6.45) is 4.49. The van der Waals surface area contributed by atoms with Gasteiger partial charge in [-0.25, -0.2) is 4.39 Å². The Morgan fingerprint density at radius 3 is 2.90 bits per heavy atom. The second-order valence-corrected chi connectivity index (χ2v) is 4.66. The molecule has 0 radical (unpaired) electrons. The molecule has 0 spiro atoms. The van der Waals surface area contributed by atoms with Crippen molar-refractivity contribution >= 4 is 5.69 Å². The van der Waals surface area contributed by atoms with E-state index in [-0.39, 0.29) is 0 Å². The lowest BCUT2D eigenvalue weighted by molar-refractivity contribution is 0.627. The Hall–Kier alpha value is -2.45. The summed E-state index contributed by atoms with van der Waals surface area (Å²) >= 11 is 0. The van der Waals surface area contributed by atoms with Crippen LogP contribution in [0.2, 0.25) is 0 Å². The average molecular weight is 284 g/mol. The van der Waals surface area contributed by atoms with E-state index in [1.165, 1.54) is 12.1 Å². The van der Waals surface area contributed by atoms with E-state index >= 15 is 0 Å². The Balaban J connectivity index is 1.66. The van der Waals surface area contributed by atoms with Crippen LogP contribution >= 0.6 is 0 Å². The van der Waals surface area contributed by atoms with Crippen LogP contribution in [0.25, 0.3) is 0 Å². The summed E-state index contributed by atoms with van der Waals surface area (Å²) < 4.78 is 13.2. The molecular weight excluding hydrogens is 267 g/mol. The highest BCUT2D eigenvalue weighted by Crippen LogP contribution is 2.13. The fraction of sp³-hybridized carbons (Fsp3) is 0.250. The Kier molecular flexibility index (Phi) is 5.68. The van der Waals surface area contributed by atoms with E-state index in [2.05, 4.69) is 15.6 Å². The third-order valence-electron chi connectivity index (χ3n) is 2.94. The van der Waals surface area contributed by atoms with Gasteiger partial charge in [0.1, 0.15) is 5.82 Å². The number of rotatable bonds is 7. The van der Waals surface area contributed by atoms with Crippen molar-refractivity contribution in [3.8, 4) is 6.07 Å². The zero-order valence-electron chi connectivity index (χ0n) is 11.6. The average Bonchev–Trinajstić information content (AvgIpc) is 2.51. The molecule has 1 heterocycles. The van der Waals surface area contributed by atoms with Crippen molar-refractivity contribution < 1.29 is 4.39 Å². The molecule has 0 unspecified atom stereocenters. The Morgan fingerprint density at radius 1 is 1.24 bits per heavy atom. The van der Waals surface area contributed by atoms with Crippen LogP contribution in [0.1, 0.15) is 17.5 Å². The Bertz CT molecular complexity index is 607. The van der Waals surface area contributed by atoms with Gasteiger partial charge in [-0.1, -0.05) is 6.07 Å². The predicted molar refractivity (Wildman–Crippen MR) is 80.2 cm³/mol. The highest BCUT2D eigenvalue weighted by Gasteiger charge is 1.99. The molecular formula is C16H17FN4. The van der Waals surface area contributed by atoms with E-state index in [1.807, 2.05) is 24.4 Å². The number of anilines is 1. The minimum Gasteiger partial charge on any atom is -0.385 e. The number of nitriles is 1. The second kappa shape index (κ2) is 7.98. The topological polar surface area (TPSA) is 60.7 Å². The summed E-state index contributed by atoms with van der Waals surface area (Å²) in [6, 6.07) is 10.1. The molecule has 0 atom stereocenters. The molecule has 0 saturated carbocycles. The van der Waals surface area contributed by atoms with Gasteiger partial charge in [0.25, 0.3) is 0 Å². The number of halogens is 1. The van der Waals surface area contributed by atoms with Gasteiger partial charge in [0.2, 0.25) is 0 Å². The van der Waals surface area contributed by atoms with Crippen LogP contribution in [0.3, 0.4) is 0 Å². The fourth-order valence-corrected chi connectivity index (χ4v) is 1.94. The lowest BCUT2D eigenvalue weighted by atomic mass is 10.2. The van der Waals surface area contributed by atoms with Gasteiger partial charge in [-0.2, -0.15) is 5.26 Å². The molecule has 0 aliphatic carbocycles. The highest BCUT2D eigenvalue weighted by atomic mass is 19.1. The number of nitrogens with one attached hydrogen (secondary N) is 2. The van der Waals surface area contributed by atoms with Crippen LogP contribution < -0.4 is 10.6 Å². The van der Waals surface area contributed by atoms with Crippen LogP contribution in [0.4, 0.5) is 10.1 Å². The van der Waals surface area contributed by atoms with Gasteiger partial charge >= 0.3 is 0 Å². The molecule has 0 fully saturated rings. The number of nitrogens with zero attached hydrogens (tertiary/aromatic N) is 2. The van der Waals surface area contributed by atoms with Gasteiger partial charge < -0.3 is 10.6 Å². The molecule has 1 aromatic carbocycles. The minimum absolute atomic E-state index is 0.326. The lowest BCUT2D eigenvalue weighted by Crippen LogP contribution is -2.17. The molecule has 0 aliphatic rings. The van der Waals surface area contributed by atoms with E-state index in [0.717, 1.165) is 25.1 Å². The summed E-state index contributed by atoms with van der Waals surface area (Å²) in [5.74, 6) is -0.397. The van der Waals surface area contributed by atoms with Crippen LogP contribution in [-0.2, 0) is 6.54 Å². The number of hydrogen-bond acceptors (Lipinski definition) is 4. The normalized spacial score (nSPS) is 10.1. The summed E-state index contributed by atoms with van der Waals surface area (Å²) in [5.41, 5.74) is 2.11. The molecule has 108 valence electrons. The van der Waals surface area contributed by atoms with E-state index in [1.54, 1.807) is 12.3 Å². The second-order valence-electron chi connectivity index (χ2n) is 4.66. The van der Waals surface area contributed by atoms with Crippen molar-refractivity contribution in [2.24, 2.45) is 0 Å². The fourth-order valence-electron chi connectivity index (χ4n) is 1.94. The van der Waals surface area contributed by atoms with Crippen LogP contribution in [-0.4, -0.2) is 18.1 Å². The van der Waals surface area contributed by atoms with Crippen molar-refractivity contribution in [3.05, 3.63) is 59.7 Å². The van der Waals surface area contributed by atoms with E-state index < -0.39 is 5.82 Å². The molecule has 21 heavy (non-hydrogen) atoms. The molecule has 2 aromatic rings. The molecule has 1 aromatic heterocycles. The predicted octanol–water partition coefficient (Wildman–Crippen LogP) is 2.68. The first kappa shape index (κ1) is 14.9. The summed E-state index contributed by atoms with van der Waals surface area (Å²) in [4.78, 5) is 4.05. The lowest BCUT2D eigenvalue weighted by Gasteiger charge is -2.08. The van der Waals surface area contributed by atoms with E-state index in [0.29, 0.717) is 17.8 Å². The van der Waals surface area contributed by atoms with Gasteiger partial charge in [0.15, 0.2) is 0 Å². The zero-order chi connectivity index (χ0) is 14.9. The van der Waals surface area contributed by atoms with Crippen molar-refractivity contribution in [1.82, 2.24) is 10.3 Å². The van der Waals surface area contributed by atoms with Gasteiger partial charge in [0, 0.05) is 31.2 Å². The van der Waals surface area contributed by atoms with Crippen LogP contribution in [0, 0.1) is 17.1 Å². The molecule has 2 N–H and O–H groups in total. The number of aromatic nitrogens is 1. The summed E-state index contributed by atoms with van der Waals surface area (Å²) in [6.45, 7) is 2.35. The third-order valence-corrected chi connectivity index (χ3v) is 2.94. The Labute approximate surface area is 123 Å². The summed E-state index contributed by atoms with van der Waals surface area (Å²) in [5, 5.41) is 15.2. The number of hydrogen-bond donors (Lipinski definition) is 2. The van der Waals surface area contributed by atoms with Crippen LogP contribution in [0.15, 0.2) is 42.7 Å². The molecule has 5 heteroatoms. The molecule has 0 aliphatic heterocycles. The van der Waals surface area contributed by atoms with Gasteiger partial charge in [-0.3, -0.25) is 4.98 Å². The smallest absolute Gasteiger partial charge is 0.126 e.